The average Bonchev–Trinajstić information content (AvgIpc) is 2.89. The van der Waals surface area contributed by atoms with Crippen LogP contribution < -0.4 is 0 Å². The van der Waals surface area contributed by atoms with Crippen LogP contribution in [-0.2, 0) is 16.1 Å². The fraction of sp³-hybridized carbons (Fsp3) is 0.381. The van der Waals surface area contributed by atoms with Crippen molar-refractivity contribution in [2.45, 2.75) is 34.2 Å². The monoisotopic (exact) mass is 323 g/mol. The van der Waals surface area contributed by atoms with E-state index in [0.29, 0.717) is 13.2 Å². The van der Waals surface area contributed by atoms with E-state index >= 15 is 0 Å². The highest BCUT2D eigenvalue weighted by Gasteiger charge is 2.32. The number of nitrogens with zero attached hydrogens (tertiary/aromatic N) is 1. The Morgan fingerprint density at radius 1 is 1.00 bits per heavy atom. The van der Waals surface area contributed by atoms with Gasteiger partial charge in [-0.25, -0.2) is 0 Å². The normalized spacial score (nSPS) is 12.2. The first-order valence-electron chi connectivity index (χ1n) is 8.56. The van der Waals surface area contributed by atoms with Crippen molar-refractivity contribution >= 4 is 27.8 Å². The molecule has 0 spiro atoms. The summed E-state index contributed by atoms with van der Waals surface area (Å²) < 4.78 is 7.82. The lowest BCUT2D eigenvalue weighted by Gasteiger charge is -2.26. The lowest BCUT2D eigenvalue weighted by molar-refractivity contribution is -0.156. The number of carbonyl (C=O) groups is 1. The van der Waals surface area contributed by atoms with Gasteiger partial charge in [0, 0.05) is 21.8 Å². The summed E-state index contributed by atoms with van der Waals surface area (Å²) in [4.78, 5) is 12.3. The van der Waals surface area contributed by atoms with E-state index in [-0.39, 0.29) is 11.9 Å². The fourth-order valence-electron chi connectivity index (χ4n) is 2.90. The molecule has 1 aromatic heterocycles. The number of benzene rings is 2. The molecular formula is C21H25NO2. The highest BCUT2D eigenvalue weighted by Crippen LogP contribution is 2.29. The van der Waals surface area contributed by atoms with Crippen LogP contribution >= 0.6 is 0 Å². The highest BCUT2D eigenvalue weighted by atomic mass is 16.5. The SMILES string of the molecule is CC(C)C(C)(C)C(=O)OCCn1c2ccccc2c2ccccc21. The zero-order valence-corrected chi connectivity index (χ0v) is 14.9. The molecule has 0 amide bonds. The molecule has 3 rings (SSSR count). The van der Waals surface area contributed by atoms with E-state index < -0.39 is 5.41 Å². The zero-order chi connectivity index (χ0) is 17.3. The molecule has 0 bridgehead atoms. The third-order valence-electron chi connectivity index (χ3n) is 5.20. The van der Waals surface area contributed by atoms with Gasteiger partial charge in [0.15, 0.2) is 0 Å². The number of hydrogen-bond acceptors (Lipinski definition) is 2. The topological polar surface area (TPSA) is 31.2 Å². The predicted molar refractivity (Wildman–Crippen MR) is 99.0 cm³/mol. The first-order chi connectivity index (χ1) is 11.4. The molecule has 0 saturated carbocycles. The molecule has 1 heterocycles. The standard InChI is InChI=1S/C21H25NO2/c1-15(2)21(3,4)20(23)24-14-13-22-18-11-7-5-9-16(18)17-10-6-8-12-19(17)22/h5-12,15H,13-14H2,1-4H3. The van der Waals surface area contributed by atoms with Gasteiger partial charge in [-0.1, -0.05) is 50.2 Å². The van der Waals surface area contributed by atoms with Gasteiger partial charge in [0.1, 0.15) is 6.61 Å². The van der Waals surface area contributed by atoms with Gasteiger partial charge in [-0.05, 0) is 31.9 Å². The summed E-state index contributed by atoms with van der Waals surface area (Å²) in [6, 6.07) is 16.7. The van der Waals surface area contributed by atoms with Crippen molar-refractivity contribution in [2.75, 3.05) is 6.61 Å². The minimum Gasteiger partial charge on any atom is -0.463 e. The molecule has 0 N–H and O–H groups in total. The lowest BCUT2D eigenvalue weighted by atomic mass is 9.81. The molecule has 24 heavy (non-hydrogen) atoms. The predicted octanol–water partition coefficient (Wildman–Crippen LogP) is 5.02. The number of para-hydroxylation sites is 2. The summed E-state index contributed by atoms with van der Waals surface area (Å²) in [6.07, 6.45) is 0. The fourth-order valence-corrected chi connectivity index (χ4v) is 2.90. The molecule has 126 valence electrons. The van der Waals surface area contributed by atoms with E-state index in [1.807, 2.05) is 39.8 Å². The molecule has 0 radical (unpaired) electrons. The molecule has 3 nitrogen and oxygen atoms in total. The summed E-state index contributed by atoms with van der Waals surface area (Å²) in [5, 5.41) is 2.48. The van der Waals surface area contributed by atoms with Gasteiger partial charge >= 0.3 is 5.97 Å². The summed E-state index contributed by atoms with van der Waals surface area (Å²) in [5.41, 5.74) is 1.90. The van der Waals surface area contributed by atoms with Crippen LogP contribution in [0.15, 0.2) is 48.5 Å². The van der Waals surface area contributed by atoms with Crippen molar-refractivity contribution in [1.82, 2.24) is 4.57 Å². The summed E-state index contributed by atoms with van der Waals surface area (Å²) in [7, 11) is 0. The van der Waals surface area contributed by atoms with E-state index in [2.05, 4.69) is 41.0 Å². The highest BCUT2D eigenvalue weighted by molar-refractivity contribution is 6.07. The van der Waals surface area contributed by atoms with Crippen molar-refractivity contribution in [1.29, 1.82) is 0 Å². The van der Waals surface area contributed by atoms with Gasteiger partial charge in [-0.15, -0.1) is 0 Å². The molecule has 0 aliphatic carbocycles. The number of carbonyl (C=O) groups excluding carboxylic acids is 1. The van der Waals surface area contributed by atoms with Gasteiger partial charge in [0.05, 0.1) is 12.0 Å². The molecular weight excluding hydrogens is 298 g/mol. The van der Waals surface area contributed by atoms with E-state index in [1.165, 1.54) is 21.8 Å². The Balaban J connectivity index is 1.84. The van der Waals surface area contributed by atoms with Gasteiger partial charge in [0.25, 0.3) is 0 Å². The van der Waals surface area contributed by atoms with E-state index in [4.69, 9.17) is 4.74 Å². The Morgan fingerprint density at radius 3 is 2.00 bits per heavy atom. The van der Waals surface area contributed by atoms with Crippen LogP contribution in [-0.4, -0.2) is 17.1 Å². The van der Waals surface area contributed by atoms with Gasteiger partial charge in [-0.2, -0.15) is 0 Å². The summed E-state index contributed by atoms with van der Waals surface area (Å²) >= 11 is 0. The van der Waals surface area contributed by atoms with Crippen LogP contribution in [0.5, 0.6) is 0 Å². The van der Waals surface area contributed by atoms with E-state index in [9.17, 15) is 4.79 Å². The molecule has 3 aromatic rings. The molecule has 3 heteroatoms. The smallest absolute Gasteiger partial charge is 0.311 e. The van der Waals surface area contributed by atoms with E-state index in [0.717, 1.165) is 0 Å². The third kappa shape index (κ3) is 2.79. The number of rotatable bonds is 5. The number of esters is 1. The second kappa shape index (κ2) is 6.31. The van der Waals surface area contributed by atoms with Crippen LogP contribution in [0.3, 0.4) is 0 Å². The van der Waals surface area contributed by atoms with Gasteiger partial charge < -0.3 is 9.30 Å². The number of hydrogen-bond donors (Lipinski definition) is 0. The van der Waals surface area contributed by atoms with Crippen LogP contribution in [0, 0.1) is 11.3 Å². The Hall–Kier alpha value is -2.29. The minimum absolute atomic E-state index is 0.127. The van der Waals surface area contributed by atoms with Crippen molar-refractivity contribution in [3.8, 4) is 0 Å². The largest absolute Gasteiger partial charge is 0.463 e. The Morgan fingerprint density at radius 2 is 1.50 bits per heavy atom. The van der Waals surface area contributed by atoms with Crippen molar-refractivity contribution in [2.24, 2.45) is 11.3 Å². The Bertz CT molecular complexity index is 821. The van der Waals surface area contributed by atoms with Crippen LogP contribution in [0.25, 0.3) is 21.8 Å². The lowest BCUT2D eigenvalue weighted by Crippen LogP contribution is -2.32. The van der Waals surface area contributed by atoms with Crippen molar-refractivity contribution < 1.29 is 9.53 Å². The molecule has 0 aliphatic rings. The number of fused-ring (bicyclic) bond motifs is 3. The quantitative estimate of drug-likeness (QED) is 0.617. The molecule has 0 fully saturated rings. The third-order valence-corrected chi connectivity index (χ3v) is 5.20. The number of aromatic nitrogens is 1. The van der Waals surface area contributed by atoms with Gasteiger partial charge in [-0.3, -0.25) is 4.79 Å². The van der Waals surface area contributed by atoms with Gasteiger partial charge in [0.2, 0.25) is 0 Å². The first-order valence-corrected chi connectivity index (χ1v) is 8.56. The second-order valence-corrected chi connectivity index (χ2v) is 7.20. The van der Waals surface area contributed by atoms with Crippen molar-refractivity contribution in [3.05, 3.63) is 48.5 Å². The molecule has 0 saturated heterocycles. The number of ether oxygens (including phenoxy) is 1. The summed E-state index contributed by atoms with van der Waals surface area (Å²) in [5.74, 6) is 0.122. The Kier molecular flexibility index (Phi) is 4.35. The van der Waals surface area contributed by atoms with Crippen LogP contribution in [0.1, 0.15) is 27.7 Å². The second-order valence-electron chi connectivity index (χ2n) is 7.20. The molecule has 0 atom stereocenters. The molecule has 0 aliphatic heterocycles. The first kappa shape index (κ1) is 16.6. The molecule has 2 aromatic carbocycles. The molecule has 0 unspecified atom stereocenters. The Labute approximate surface area is 143 Å². The van der Waals surface area contributed by atoms with Crippen molar-refractivity contribution in [3.63, 3.8) is 0 Å². The van der Waals surface area contributed by atoms with Crippen LogP contribution in [0.2, 0.25) is 0 Å². The summed E-state index contributed by atoms with van der Waals surface area (Å²) in [6.45, 7) is 9.04. The maximum Gasteiger partial charge on any atom is 0.311 e. The maximum atomic E-state index is 12.3. The zero-order valence-electron chi connectivity index (χ0n) is 14.9. The maximum absolute atomic E-state index is 12.3. The van der Waals surface area contributed by atoms with Crippen LogP contribution in [0.4, 0.5) is 0 Å². The minimum atomic E-state index is -0.458. The average molecular weight is 323 g/mol. The van der Waals surface area contributed by atoms with E-state index in [1.54, 1.807) is 0 Å².